The van der Waals surface area contributed by atoms with Crippen LogP contribution in [-0.2, 0) is 11.2 Å². The number of imidazole rings is 1. The Hall–Kier alpha value is -2.70. The number of nitrogens with zero attached hydrogens (tertiary/aromatic N) is 2. The number of hydrogen-bond acceptors (Lipinski definition) is 4. The lowest BCUT2D eigenvalue weighted by Gasteiger charge is -2.29. The van der Waals surface area contributed by atoms with Gasteiger partial charge in [0.25, 0.3) is 0 Å². The molecule has 7 heteroatoms. The zero-order valence-electron chi connectivity index (χ0n) is 12.1. The van der Waals surface area contributed by atoms with Gasteiger partial charge < -0.3 is 10.5 Å². The number of esters is 1. The van der Waals surface area contributed by atoms with Crippen molar-refractivity contribution in [1.29, 1.82) is 0 Å². The standard InChI is InChI=1S/C15H14FN3O3/c1-15(2)6-10-12(14(21)22-15)19(7-18-10)11-4-3-8(13(17)20)5-9(11)16/h3-5,7H,6H2,1-2H3,(H2,17,20). The van der Waals surface area contributed by atoms with Crippen LogP contribution in [0.1, 0.15) is 40.4 Å². The van der Waals surface area contributed by atoms with Gasteiger partial charge in [0, 0.05) is 12.0 Å². The van der Waals surface area contributed by atoms with Crippen LogP contribution in [0.25, 0.3) is 5.69 Å². The Balaban J connectivity index is 2.10. The number of cyclic esters (lactones) is 1. The van der Waals surface area contributed by atoms with Crippen LogP contribution in [-0.4, -0.2) is 27.0 Å². The van der Waals surface area contributed by atoms with Crippen LogP contribution in [0.3, 0.4) is 0 Å². The molecule has 114 valence electrons. The van der Waals surface area contributed by atoms with Crippen molar-refractivity contribution in [3.05, 3.63) is 47.3 Å². The fraction of sp³-hybridized carbons (Fsp3) is 0.267. The molecule has 2 N–H and O–H groups in total. The fourth-order valence-electron chi connectivity index (χ4n) is 2.51. The van der Waals surface area contributed by atoms with E-state index < -0.39 is 23.3 Å². The second-order valence-electron chi connectivity index (χ2n) is 5.77. The van der Waals surface area contributed by atoms with Gasteiger partial charge in [-0.3, -0.25) is 9.36 Å². The molecule has 0 unspecified atom stereocenters. The van der Waals surface area contributed by atoms with Crippen molar-refractivity contribution < 1.29 is 18.7 Å². The van der Waals surface area contributed by atoms with E-state index in [0.717, 1.165) is 6.07 Å². The van der Waals surface area contributed by atoms with Gasteiger partial charge in [0.1, 0.15) is 17.7 Å². The van der Waals surface area contributed by atoms with Gasteiger partial charge in [-0.05, 0) is 32.0 Å². The first-order valence-electron chi connectivity index (χ1n) is 6.68. The van der Waals surface area contributed by atoms with Gasteiger partial charge in [0.2, 0.25) is 5.91 Å². The summed E-state index contributed by atoms with van der Waals surface area (Å²) in [5.41, 5.74) is 5.39. The summed E-state index contributed by atoms with van der Waals surface area (Å²) in [5, 5.41) is 0. The Labute approximate surface area is 125 Å². The number of rotatable bonds is 2. The Bertz CT molecular complexity index is 795. The van der Waals surface area contributed by atoms with Gasteiger partial charge in [0.15, 0.2) is 5.69 Å². The highest BCUT2D eigenvalue weighted by Gasteiger charge is 2.36. The highest BCUT2D eigenvalue weighted by Crippen LogP contribution is 2.29. The number of halogens is 1. The number of amides is 1. The lowest BCUT2D eigenvalue weighted by atomic mass is 9.98. The normalized spacial score (nSPS) is 16.0. The Kier molecular flexibility index (Phi) is 3.01. The molecule has 2 heterocycles. The molecule has 0 saturated heterocycles. The molecule has 0 radical (unpaired) electrons. The van der Waals surface area contributed by atoms with Crippen LogP contribution in [0, 0.1) is 5.82 Å². The Morgan fingerprint density at radius 3 is 2.82 bits per heavy atom. The maximum absolute atomic E-state index is 14.2. The van der Waals surface area contributed by atoms with Crippen molar-refractivity contribution in [1.82, 2.24) is 9.55 Å². The van der Waals surface area contributed by atoms with Gasteiger partial charge in [-0.1, -0.05) is 0 Å². The molecule has 0 saturated carbocycles. The van der Waals surface area contributed by atoms with Gasteiger partial charge in [0.05, 0.1) is 11.4 Å². The first kappa shape index (κ1) is 14.2. The summed E-state index contributed by atoms with van der Waals surface area (Å²) in [6.07, 6.45) is 1.82. The monoisotopic (exact) mass is 303 g/mol. The van der Waals surface area contributed by atoms with Crippen LogP contribution in [0.2, 0.25) is 0 Å². The molecular weight excluding hydrogens is 289 g/mol. The molecule has 0 atom stereocenters. The minimum atomic E-state index is -0.723. The number of carbonyl (C=O) groups is 2. The Morgan fingerprint density at radius 1 is 1.45 bits per heavy atom. The molecule has 2 aromatic rings. The average molecular weight is 303 g/mol. The smallest absolute Gasteiger partial charge is 0.357 e. The Morgan fingerprint density at radius 2 is 2.18 bits per heavy atom. The highest BCUT2D eigenvalue weighted by molar-refractivity contribution is 5.93. The average Bonchev–Trinajstić information content (AvgIpc) is 2.80. The van der Waals surface area contributed by atoms with E-state index in [1.165, 1.54) is 23.0 Å². The molecule has 0 bridgehead atoms. The minimum absolute atomic E-state index is 0.0546. The summed E-state index contributed by atoms with van der Waals surface area (Å²) in [6, 6.07) is 3.80. The van der Waals surface area contributed by atoms with Crippen LogP contribution in [0.5, 0.6) is 0 Å². The van der Waals surface area contributed by atoms with Gasteiger partial charge in [-0.15, -0.1) is 0 Å². The summed E-state index contributed by atoms with van der Waals surface area (Å²) in [4.78, 5) is 27.4. The highest BCUT2D eigenvalue weighted by atomic mass is 19.1. The van der Waals surface area contributed by atoms with Crippen molar-refractivity contribution >= 4 is 11.9 Å². The lowest BCUT2D eigenvalue weighted by Crippen LogP contribution is -2.36. The largest absolute Gasteiger partial charge is 0.455 e. The number of primary amides is 1. The molecule has 1 amide bonds. The van der Waals surface area contributed by atoms with Crippen molar-refractivity contribution in [2.24, 2.45) is 5.73 Å². The van der Waals surface area contributed by atoms with E-state index in [2.05, 4.69) is 4.98 Å². The van der Waals surface area contributed by atoms with E-state index in [-0.39, 0.29) is 16.9 Å². The number of aromatic nitrogens is 2. The third kappa shape index (κ3) is 2.24. The van der Waals surface area contributed by atoms with Crippen LogP contribution in [0.15, 0.2) is 24.5 Å². The number of carbonyl (C=O) groups excluding carboxylic acids is 2. The van der Waals surface area contributed by atoms with Crippen LogP contribution in [0.4, 0.5) is 4.39 Å². The molecule has 3 rings (SSSR count). The zero-order valence-corrected chi connectivity index (χ0v) is 12.1. The quantitative estimate of drug-likeness (QED) is 0.854. The predicted molar refractivity (Wildman–Crippen MR) is 75.2 cm³/mol. The fourth-order valence-corrected chi connectivity index (χ4v) is 2.51. The zero-order chi connectivity index (χ0) is 16.1. The summed E-state index contributed by atoms with van der Waals surface area (Å²) < 4.78 is 20.9. The molecule has 6 nitrogen and oxygen atoms in total. The number of benzene rings is 1. The molecular formula is C15H14FN3O3. The predicted octanol–water partition coefficient (Wildman–Crippen LogP) is 1.60. The summed E-state index contributed by atoms with van der Waals surface area (Å²) in [6.45, 7) is 3.57. The topological polar surface area (TPSA) is 87.2 Å². The van der Waals surface area contributed by atoms with E-state index in [1.807, 2.05) is 0 Å². The molecule has 0 fully saturated rings. The molecule has 0 spiro atoms. The first-order valence-corrected chi connectivity index (χ1v) is 6.68. The maximum Gasteiger partial charge on any atom is 0.357 e. The van der Waals surface area contributed by atoms with E-state index in [4.69, 9.17) is 10.5 Å². The van der Waals surface area contributed by atoms with Crippen molar-refractivity contribution in [3.8, 4) is 5.69 Å². The number of nitrogens with two attached hydrogens (primary N) is 1. The van der Waals surface area contributed by atoms with Gasteiger partial charge in [-0.25, -0.2) is 14.2 Å². The molecule has 1 aliphatic heterocycles. The van der Waals surface area contributed by atoms with E-state index in [0.29, 0.717) is 12.1 Å². The second-order valence-corrected chi connectivity index (χ2v) is 5.77. The molecule has 22 heavy (non-hydrogen) atoms. The number of ether oxygens (including phenoxy) is 1. The first-order chi connectivity index (χ1) is 10.3. The second kappa shape index (κ2) is 4.66. The molecule has 1 aromatic carbocycles. The van der Waals surface area contributed by atoms with Gasteiger partial charge in [-0.2, -0.15) is 0 Å². The van der Waals surface area contributed by atoms with Crippen LogP contribution < -0.4 is 5.73 Å². The number of fused-ring (bicyclic) bond motifs is 1. The summed E-state index contributed by atoms with van der Waals surface area (Å²) in [7, 11) is 0. The van der Waals surface area contributed by atoms with E-state index in [1.54, 1.807) is 13.8 Å². The van der Waals surface area contributed by atoms with Crippen molar-refractivity contribution in [3.63, 3.8) is 0 Å². The van der Waals surface area contributed by atoms with Crippen LogP contribution >= 0.6 is 0 Å². The SMILES string of the molecule is CC1(C)Cc2ncn(-c3ccc(C(N)=O)cc3F)c2C(=O)O1. The molecule has 1 aromatic heterocycles. The molecule has 1 aliphatic rings. The summed E-state index contributed by atoms with van der Waals surface area (Å²) >= 11 is 0. The third-order valence-electron chi connectivity index (χ3n) is 3.49. The van der Waals surface area contributed by atoms with Crippen molar-refractivity contribution in [2.45, 2.75) is 25.9 Å². The van der Waals surface area contributed by atoms with E-state index in [9.17, 15) is 14.0 Å². The third-order valence-corrected chi connectivity index (χ3v) is 3.49. The molecule has 0 aliphatic carbocycles. The lowest BCUT2D eigenvalue weighted by molar-refractivity contribution is -0.00797. The van der Waals surface area contributed by atoms with Gasteiger partial charge >= 0.3 is 5.97 Å². The summed E-state index contributed by atoms with van der Waals surface area (Å²) in [5.74, 6) is -1.95. The van der Waals surface area contributed by atoms with E-state index >= 15 is 0 Å². The number of hydrogen-bond donors (Lipinski definition) is 1. The maximum atomic E-state index is 14.2. The van der Waals surface area contributed by atoms with Crippen molar-refractivity contribution in [2.75, 3.05) is 0 Å². The minimum Gasteiger partial charge on any atom is -0.455 e.